The van der Waals surface area contributed by atoms with Crippen LogP contribution in [0.15, 0.2) is 30.3 Å². The van der Waals surface area contributed by atoms with Gasteiger partial charge in [0.15, 0.2) is 5.11 Å². The lowest BCUT2D eigenvalue weighted by molar-refractivity contribution is -0.384. The van der Waals surface area contributed by atoms with Gasteiger partial charge in [0.1, 0.15) is 11.3 Å². The van der Waals surface area contributed by atoms with Gasteiger partial charge in [-0.15, -0.1) is 0 Å². The minimum absolute atomic E-state index is 0.119. The number of aromatic carboxylic acids is 1. The number of aromatic hydroxyl groups is 1. The van der Waals surface area contributed by atoms with Gasteiger partial charge in [0, 0.05) is 30.9 Å². The predicted octanol–water partition coefficient (Wildman–Crippen LogP) is 3.67. The Morgan fingerprint density at radius 2 is 1.85 bits per heavy atom. The molecule has 11 heteroatoms. The molecule has 0 bridgehead atoms. The summed E-state index contributed by atoms with van der Waals surface area (Å²) < 4.78 is 0. The van der Waals surface area contributed by atoms with E-state index in [1.807, 2.05) is 4.90 Å². The van der Waals surface area contributed by atoms with Gasteiger partial charge in [-0.05, 0) is 61.7 Å². The minimum Gasteiger partial charge on any atom is -0.507 e. The second kappa shape index (κ2) is 9.82. The summed E-state index contributed by atoms with van der Waals surface area (Å²) in [6.45, 7) is 5.15. The van der Waals surface area contributed by atoms with E-state index in [1.54, 1.807) is 6.07 Å². The van der Waals surface area contributed by atoms with Gasteiger partial charge in [-0.1, -0.05) is 6.92 Å². The molecule has 1 fully saturated rings. The molecule has 1 aliphatic heterocycles. The molecular formula is C22H24N4O6S. The van der Waals surface area contributed by atoms with E-state index >= 15 is 0 Å². The largest absolute Gasteiger partial charge is 0.507 e. The van der Waals surface area contributed by atoms with Crippen molar-refractivity contribution in [3.63, 3.8) is 0 Å². The van der Waals surface area contributed by atoms with Crippen molar-refractivity contribution in [3.05, 3.63) is 57.1 Å². The molecule has 0 saturated carbocycles. The van der Waals surface area contributed by atoms with Crippen LogP contribution in [0.4, 0.5) is 17.1 Å². The number of nitrogens with zero attached hydrogens (tertiary/aromatic N) is 2. The molecule has 33 heavy (non-hydrogen) atoms. The number of nitrogens with one attached hydrogen (secondary N) is 2. The standard InChI is InChI=1S/C22H24N4O6S/c1-12-5-7-25(8-6-12)18-4-3-15(26(31)32)11-16(18)20(28)24-22(33)23-14-9-13(2)19(27)17(10-14)21(29)30/h3-4,9-12,27H,5-8H2,1-2H3,(H,29,30)(H2,23,24,28,33). The Labute approximate surface area is 195 Å². The number of piperidine rings is 1. The molecular weight excluding hydrogens is 448 g/mol. The summed E-state index contributed by atoms with van der Waals surface area (Å²) in [6.07, 6.45) is 1.90. The number of thiocarbonyl (C=S) groups is 1. The molecule has 174 valence electrons. The summed E-state index contributed by atoms with van der Waals surface area (Å²) in [5, 5.41) is 35.5. The van der Waals surface area contributed by atoms with Crippen LogP contribution in [-0.4, -0.2) is 45.2 Å². The summed E-state index contributed by atoms with van der Waals surface area (Å²) in [5.74, 6) is -1.73. The SMILES string of the molecule is Cc1cc(NC(=S)NC(=O)c2cc([N+](=O)[O-])ccc2N2CCC(C)CC2)cc(C(=O)O)c1O. The number of phenols is 1. The number of hydrogen-bond acceptors (Lipinski definition) is 7. The van der Waals surface area contributed by atoms with Gasteiger partial charge in [0.25, 0.3) is 11.6 Å². The number of amides is 1. The van der Waals surface area contributed by atoms with E-state index in [0.717, 1.165) is 25.9 Å². The Kier molecular flexibility index (Phi) is 7.12. The van der Waals surface area contributed by atoms with Crippen molar-refractivity contribution in [2.45, 2.75) is 26.7 Å². The van der Waals surface area contributed by atoms with Gasteiger partial charge in [-0.25, -0.2) is 4.79 Å². The maximum absolute atomic E-state index is 13.0. The molecule has 1 aliphatic rings. The average molecular weight is 473 g/mol. The number of rotatable bonds is 5. The van der Waals surface area contributed by atoms with E-state index in [4.69, 9.17) is 12.2 Å². The maximum atomic E-state index is 13.0. The van der Waals surface area contributed by atoms with Crippen molar-refractivity contribution in [1.29, 1.82) is 0 Å². The number of hydrogen-bond donors (Lipinski definition) is 4. The number of carbonyl (C=O) groups is 2. The lowest BCUT2D eigenvalue weighted by atomic mass is 9.98. The van der Waals surface area contributed by atoms with Gasteiger partial charge >= 0.3 is 5.97 Å². The molecule has 1 heterocycles. The van der Waals surface area contributed by atoms with E-state index in [2.05, 4.69) is 17.6 Å². The summed E-state index contributed by atoms with van der Waals surface area (Å²) in [4.78, 5) is 37.1. The molecule has 0 unspecified atom stereocenters. The number of anilines is 2. The highest BCUT2D eigenvalue weighted by molar-refractivity contribution is 7.80. The Morgan fingerprint density at radius 3 is 2.45 bits per heavy atom. The van der Waals surface area contributed by atoms with E-state index in [0.29, 0.717) is 17.2 Å². The Balaban J connectivity index is 1.83. The van der Waals surface area contributed by atoms with Crippen molar-refractivity contribution < 1.29 is 24.7 Å². The highest BCUT2D eigenvalue weighted by Gasteiger charge is 2.24. The number of non-ortho nitro benzene ring substituents is 1. The third-order valence-corrected chi connectivity index (χ3v) is 5.78. The zero-order valence-electron chi connectivity index (χ0n) is 18.1. The first-order valence-corrected chi connectivity index (χ1v) is 10.7. The quantitative estimate of drug-likeness (QED) is 0.222. The number of carboxylic acids is 1. The average Bonchev–Trinajstić information content (AvgIpc) is 2.75. The van der Waals surface area contributed by atoms with Gasteiger partial charge in [0.2, 0.25) is 0 Å². The van der Waals surface area contributed by atoms with Crippen molar-refractivity contribution in [3.8, 4) is 5.75 Å². The first-order chi connectivity index (χ1) is 15.6. The fourth-order valence-corrected chi connectivity index (χ4v) is 3.90. The molecule has 1 saturated heterocycles. The van der Waals surface area contributed by atoms with Crippen LogP contribution >= 0.6 is 12.2 Å². The van der Waals surface area contributed by atoms with E-state index in [-0.39, 0.29) is 33.4 Å². The van der Waals surface area contributed by atoms with Crippen LogP contribution in [0, 0.1) is 23.0 Å². The lowest BCUT2D eigenvalue weighted by Gasteiger charge is -2.33. The van der Waals surface area contributed by atoms with Crippen LogP contribution in [0.3, 0.4) is 0 Å². The van der Waals surface area contributed by atoms with Crippen molar-refractivity contribution in [2.24, 2.45) is 5.92 Å². The second-order valence-electron chi connectivity index (χ2n) is 8.03. The summed E-state index contributed by atoms with van der Waals surface area (Å²) in [7, 11) is 0. The first kappa shape index (κ1) is 23.9. The van der Waals surface area contributed by atoms with Crippen LogP contribution in [0.25, 0.3) is 0 Å². The highest BCUT2D eigenvalue weighted by Crippen LogP contribution is 2.30. The normalized spacial score (nSPS) is 13.9. The van der Waals surface area contributed by atoms with Crippen LogP contribution < -0.4 is 15.5 Å². The third-order valence-electron chi connectivity index (χ3n) is 5.58. The van der Waals surface area contributed by atoms with Crippen molar-refractivity contribution in [2.75, 3.05) is 23.3 Å². The zero-order chi connectivity index (χ0) is 24.3. The second-order valence-corrected chi connectivity index (χ2v) is 8.44. The predicted molar refractivity (Wildman–Crippen MR) is 127 cm³/mol. The number of nitro groups is 1. The van der Waals surface area contributed by atoms with E-state index in [1.165, 1.54) is 31.2 Å². The number of nitro benzene ring substituents is 1. The molecule has 2 aromatic rings. The molecule has 2 aromatic carbocycles. The summed E-state index contributed by atoms with van der Waals surface area (Å²) in [6, 6.07) is 6.83. The number of aryl methyl sites for hydroxylation is 1. The zero-order valence-corrected chi connectivity index (χ0v) is 18.9. The van der Waals surface area contributed by atoms with Crippen LogP contribution in [0.5, 0.6) is 5.75 Å². The van der Waals surface area contributed by atoms with Crippen molar-refractivity contribution >= 4 is 46.3 Å². The number of carbonyl (C=O) groups excluding carboxylic acids is 1. The molecule has 0 spiro atoms. The van der Waals surface area contributed by atoms with Gasteiger partial charge < -0.3 is 20.4 Å². The minimum atomic E-state index is -1.31. The molecule has 0 aromatic heterocycles. The highest BCUT2D eigenvalue weighted by atomic mass is 32.1. The molecule has 0 atom stereocenters. The molecule has 4 N–H and O–H groups in total. The molecule has 1 amide bonds. The smallest absolute Gasteiger partial charge is 0.339 e. The third kappa shape index (κ3) is 5.55. The summed E-state index contributed by atoms with van der Waals surface area (Å²) in [5.41, 5.74) is 0.752. The van der Waals surface area contributed by atoms with Gasteiger partial charge in [0.05, 0.1) is 16.2 Å². The fourth-order valence-electron chi connectivity index (χ4n) is 3.69. The van der Waals surface area contributed by atoms with Crippen LogP contribution in [0.2, 0.25) is 0 Å². The fraction of sp³-hybridized carbons (Fsp3) is 0.318. The lowest BCUT2D eigenvalue weighted by Crippen LogP contribution is -2.37. The Hall–Kier alpha value is -3.73. The molecule has 0 aliphatic carbocycles. The molecule has 10 nitrogen and oxygen atoms in total. The van der Waals surface area contributed by atoms with E-state index < -0.39 is 16.8 Å². The Morgan fingerprint density at radius 1 is 1.18 bits per heavy atom. The van der Waals surface area contributed by atoms with Gasteiger partial charge in [-0.3, -0.25) is 20.2 Å². The van der Waals surface area contributed by atoms with Crippen LogP contribution in [0.1, 0.15) is 46.0 Å². The molecule has 3 rings (SSSR count). The number of benzene rings is 2. The monoisotopic (exact) mass is 472 g/mol. The molecule has 0 radical (unpaired) electrons. The summed E-state index contributed by atoms with van der Waals surface area (Å²) >= 11 is 5.20. The Bertz CT molecular complexity index is 1130. The maximum Gasteiger partial charge on any atom is 0.339 e. The van der Waals surface area contributed by atoms with Crippen molar-refractivity contribution in [1.82, 2.24) is 5.32 Å². The first-order valence-electron chi connectivity index (χ1n) is 10.3. The number of carboxylic acid groups (broad SMARTS) is 1. The van der Waals surface area contributed by atoms with Crippen LogP contribution in [-0.2, 0) is 0 Å². The van der Waals surface area contributed by atoms with Gasteiger partial charge in [-0.2, -0.15) is 0 Å². The topological polar surface area (TPSA) is 145 Å². The van der Waals surface area contributed by atoms with E-state index in [9.17, 15) is 29.9 Å².